The van der Waals surface area contributed by atoms with Gasteiger partial charge in [0.25, 0.3) is 5.56 Å². The number of nitrogen functional groups attached to an aromatic ring is 1. The number of rotatable bonds is 10. The lowest BCUT2D eigenvalue weighted by molar-refractivity contribution is -0.286. The molecule has 14 nitrogen and oxygen atoms in total. The van der Waals surface area contributed by atoms with Crippen molar-refractivity contribution >= 4 is 34.4 Å². The van der Waals surface area contributed by atoms with E-state index in [9.17, 15) is 28.0 Å². The van der Waals surface area contributed by atoms with Gasteiger partial charge in [-0.15, -0.1) is 8.78 Å². The highest BCUT2D eigenvalue weighted by Crippen LogP contribution is 2.49. The molecule has 16 heteroatoms. The maximum Gasteiger partial charge on any atom is 0.586 e. The zero-order valence-electron chi connectivity index (χ0n) is 24.8. The molecule has 7 N–H and O–H groups in total. The van der Waals surface area contributed by atoms with E-state index in [0.717, 1.165) is 6.42 Å². The van der Waals surface area contributed by atoms with E-state index in [2.05, 4.69) is 19.8 Å². The molecule has 6 rings (SSSR count). The molecule has 3 aliphatic heterocycles. The Bertz CT molecular complexity index is 1850. The average molecular weight is 643 g/mol. The van der Waals surface area contributed by atoms with Crippen LogP contribution in [-0.4, -0.2) is 52.8 Å². The molecule has 3 aliphatic rings. The van der Waals surface area contributed by atoms with Crippen molar-refractivity contribution in [2.45, 2.75) is 70.1 Å². The van der Waals surface area contributed by atoms with Gasteiger partial charge in [0.15, 0.2) is 11.5 Å². The number of carbonyl (C=O) groups excluding carboxylic acids is 3. The summed E-state index contributed by atoms with van der Waals surface area (Å²) in [4.78, 5) is 56.9. The molecule has 2 atom stereocenters. The van der Waals surface area contributed by atoms with Crippen molar-refractivity contribution < 1.29 is 42.1 Å². The lowest BCUT2D eigenvalue weighted by Gasteiger charge is -2.35. The van der Waals surface area contributed by atoms with Crippen LogP contribution in [0, 0.1) is 0 Å². The number of hydrogen-bond donors (Lipinski definition) is 4. The molecule has 46 heavy (non-hydrogen) atoms. The number of aromatic nitrogens is 2. The van der Waals surface area contributed by atoms with Crippen molar-refractivity contribution in [2.75, 3.05) is 18.8 Å². The van der Waals surface area contributed by atoms with Gasteiger partial charge in [0, 0.05) is 29.1 Å². The van der Waals surface area contributed by atoms with Gasteiger partial charge in [0.1, 0.15) is 6.61 Å². The molecule has 5 heterocycles. The third kappa shape index (κ3) is 5.16. The number of unbranched alkanes of at least 4 members (excludes halogenated alkanes) is 1. The topological polar surface area (TPSA) is 213 Å². The molecular weight excluding hydrogens is 610 g/mol. The average Bonchev–Trinajstić information content (AvgIpc) is 3.53. The molecule has 2 unspecified atom stereocenters. The predicted molar refractivity (Wildman–Crippen MR) is 158 cm³/mol. The Kier molecular flexibility index (Phi) is 7.80. The van der Waals surface area contributed by atoms with Gasteiger partial charge in [-0.25, -0.2) is 9.78 Å². The van der Waals surface area contributed by atoms with Crippen LogP contribution in [0.3, 0.4) is 0 Å². The minimum atomic E-state index is -3.88. The third-order valence-electron chi connectivity index (χ3n) is 8.41. The summed E-state index contributed by atoms with van der Waals surface area (Å²) in [6.45, 7) is 1.75. The van der Waals surface area contributed by atoms with Crippen LogP contribution in [0.1, 0.15) is 55.7 Å². The Balaban J connectivity index is 1.29. The van der Waals surface area contributed by atoms with Gasteiger partial charge >= 0.3 is 18.2 Å². The van der Waals surface area contributed by atoms with Crippen LogP contribution in [0.2, 0.25) is 0 Å². The van der Waals surface area contributed by atoms with Crippen molar-refractivity contribution in [2.24, 2.45) is 11.5 Å². The summed E-state index contributed by atoms with van der Waals surface area (Å²) in [6.07, 6.45) is -2.35. The Morgan fingerprint density at radius 2 is 1.98 bits per heavy atom. The maximum atomic E-state index is 13.8. The number of pyridine rings is 2. The first-order chi connectivity index (χ1) is 21.9. The summed E-state index contributed by atoms with van der Waals surface area (Å²) in [6, 6.07) is 3.70. The van der Waals surface area contributed by atoms with E-state index >= 15 is 0 Å². The minimum Gasteiger partial charge on any atom is -0.457 e. The van der Waals surface area contributed by atoms with Gasteiger partial charge in [-0.1, -0.05) is 13.3 Å². The van der Waals surface area contributed by atoms with Gasteiger partial charge in [0.2, 0.25) is 11.5 Å². The number of halogens is 2. The number of benzene rings is 1. The van der Waals surface area contributed by atoms with Crippen LogP contribution >= 0.6 is 0 Å². The fourth-order valence-electron chi connectivity index (χ4n) is 6.01. The standard InChI is InChI=1S/C30H32F2N6O8/c1-2-29(45-22(39)6-8-36-26(40)18(34)5-3-4-7-33)17-10-20-24-14(12-38(20)27(41)16(17)13-43-28(29)42)9-15-19(37-24)11-21-25(23(15)35)46-30(31,32)44-21/h9-11,18H,2-8,12-13,33-35H2,1H3,(H,36,40). The molecular formula is C30H32F2N6O8. The maximum absolute atomic E-state index is 13.8. The van der Waals surface area contributed by atoms with Crippen LogP contribution in [-0.2, 0) is 42.6 Å². The largest absolute Gasteiger partial charge is 0.586 e. The molecule has 1 aromatic carbocycles. The number of hydrogen-bond acceptors (Lipinski definition) is 12. The predicted octanol–water partition coefficient (Wildman–Crippen LogP) is 1.50. The fourth-order valence-corrected chi connectivity index (χ4v) is 6.01. The number of nitrogens with zero attached hydrogens (tertiary/aromatic N) is 2. The molecule has 2 aromatic heterocycles. The second-order valence-corrected chi connectivity index (χ2v) is 11.3. The van der Waals surface area contributed by atoms with Gasteiger partial charge in [-0.2, -0.15) is 0 Å². The van der Waals surface area contributed by atoms with Crippen molar-refractivity contribution in [3.8, 4) is 22.9 Å². The van der Waals surface area contributed by atoms with E-state index < -0.39 is 41.3 Å². The first-order valence-electron chi connectivity index (χ1n) is 14.8. The van der Waals surface area contributed by atoms with E-state index in [-0.39, 0.29) is 66.4 Å². The Morgan fingerprint density at radius 3 is 2.72 bits per heavy atom. The van der Waals surface area contributed by atoms with Crippen molar-refractivity contribution in [3.05, 3.63) is 45.2 Å². The van der Waals surface area contributed by atoms with E-state index in [0.29, 0.717) is 41.7 Å². The first kappa shape index (κ1) is 31.2. The normalized spacial score (nSPS) is 19.2. The number of anilines is 1. The highest BCUT2D eigenvalue weighted by molar-refractivity contribution is 5.98. The summed E-state index contributed by atoms with van der Waals surface area (Å²) < 4.78 is 49.2. The molecule has 0 spiro atoms. The van der Waals surface area contributed by atoms with Crippen molar-refractivity contribution in [1.29, 1.82) is 0 Å². The summed E-state index contributed by atoms with van der Waals surface area (Å²) in [5, 5.41) is 2.91. The van der Waals surface area contributed by atoms with Crippen molar-refractivity contribution in [1.82, 2.24) is 14.9 Å². The zero-order chi connectivity index (χ0) is 33.0. The second-order valence-electron chi connectivity index (χ2n) is 11.3. The van der Waals surface area contributed by atoms with Crippen LogP contribution < -0.4 is 37.6 Å². The number of nitrogens with one attached hydrogen (secondary N) is 1. The summed E-state index contributed by atoms with van der Waals surface area (Å²) >= 11 is 0. The molecule has 0 saturated heterocycles. The third-order valence-corrected chi connectivity index (χ3v) is 8.41. The molecule has 0 aliphatic carbocycles. The molecule has 0 radical (unpaired) electrons. The number of amides is 1. The van der Waals surface area contributed by atoms with Crippen LogP contribution in [0.15, 0.2) is 23.0 Å². The number of fused-ring (bicyclic) bond motifs is 6. The fraction of sp³-hybridized carbons (Fsp3) is 0.433. The molecule has 244 valence electrons. The quantitative estimate of drug-likeness (QED) is 0.110. The summed E-state index contributed by atoms with van der Waals surface area (Å²) in [7, 11) is 0. The van der Waals surface area contributed by atoms with Crippen LogP contribution in [0.5, 0.6) is 11.5 Å². The van der Waals surface area contributed by atoms with Gasteiger partial charge in [-0.05, 0) is 37.9 Å². The number of nitrogens with two attached hydrogens (primary N) is 3. The molecule has 1 amide bonds. The highest BCUT2D eigenvalue weighted by Gasteiger charge is 2.50. The Morgan fingerprint density at radius 1 is 1.20 bits per heavy atom. The van der Waals surface area contributed by atoms with E-state index in [1.54, 1.807) is 19.1 Å². The summed E-state index contributed by atoms with van der Waals surface area (Å²) in [5.41, 5.74) is 16.7. The number of cyclic esters (lactones) is 1. The Hall–Kier alpha value is -4.83. The first-order valence-corrected chi connectivity index (χ1v) is 14.8. The smallest absolute Gasteiger partial charge is 0.457 e. The van der Waals surface area contributed by atoms with Crippen LogP contribution in [0.25, 0.3) is 22.3 Å². The lowest BCUT2D eigenvalue weighted by atomic mass is 9.85. The number of alkyl halides is 2. The SMILES string of the molecule is CCC1(OC(=O)CCNC(=O)C(N)CCCCN)C(=O)OCc2c1cc1n(c2=O)Cc2cc3c(N)c4c(cc3nc2-1)OC(F)(F)O4. The van der Waals surface area contributed by atoms with Gasteiger partial charge in [-0.3, -0.25) is 14.4 Å². The van der Waals surface area contributed by atoms with Gasteiger partial charge in [0.05, 0.1) is 47.2 Å². The van der Waals surface area contributed by atoms with Crippen LogP contribution in [0.4, 0.5) is 14.5 Å². The van der Waals surface area contributed by atoms with E-state index in [1.807, 2.05) is 0 Å². The lowest BCUT2D eigenvalue weighted by Crippen LogP contribution is -2.48. The molecule has 0 bridgehead atoms. The van der Waals surface area contributed by atoms with Gasteiger partial charge < -0.3 is 46.0 Å². The molecule has 3 aromatic rings. The van der Waals surface area contributed by atoms with E-state index in [4.69, 9.17) is 26.7 Å². The number of carbonyl (C=O) groups is 3. The molecule has 0 fully saturated rings. The van der Waals surface area contributed by atoms with Crippen molar-refractivity contribution in [3.63, 3.8) is 0 Å². The monoisotopic (exact) mass is 642 g/mol. The number of ether oxygens (including phenoxy) is 4. The molecule has 0 saturated carbocycles. The van der Waals surface area contributed by atoms with E-state index in [1.165, 1.54) is 10.6 Å². The highest BCUT2D eigenvalue weighted by atomic mass is 19.3. The zero-order valence-corrected chi connectivity index (χ0v) is 24.8. The summed E-state index contributed by atoms with van der Waals surface area (Å²) in [5.74, 6) is -2.68. The Labute approximate surface area is 260 Å². The number of esters is 2. The minimum absolute atomic E-state index is 0.0575. The second kappa shape index (κ2) is 11.5.